The molecule has 4 nitrogen and oxygen atoms in total. The summed E-state index contributed by atoms with van der Waals surface area (Å²) in [7, 11) is 0. The van der Waals surface area contributed by atoms with Gasteiger partial charge in [0.15, 0.2) is 0 Å². The molecule has 0 saturated heterocycles. The molecule has 6 heteroatoms. The number of carboxylic acids is 1. The SMILES string of the molecule is O=C(O)c1ccc2nc(CBr)c(CBr)nc2c1. The minimum absolute atomic E-state index is 0.221. The quantitative estimate of drug-likeness (QED) is 0.855. The van der Waals surface area contributed by atoms with Crippen LogP contribution in [0.4, 0.5) is 0 Å². The Bertz CT molecular complexity index is 587. The average Bonchev–Trinajstić information content (AvgIpc) is 2.36. The van der Waals surface area contributed by atoms with Crippen LogP contribution in [-0.2, 0) is 10.7 Å². The summed E-state index contributed by atoms with van der Waals surface area (Å²) in [4.78, 5) is 19.7. The fraction of sp³-hybridized carbons (Fsp3) is 0.182. The second kappa shape index (κ2) is 5.10. The van der Waals surface area contributed by atoms with Crippen molar-refractivity contribution in [2.45, 2.75) is 10.7 Å². The van der Waals surface area contributed by atoms with Crippen LogP contribution in [0.15, 0.2) is 18.2 Å². The van der Waals surface area contributed by atoms with E-state index in [1.54, 1.807) is 6.07 Å². The number of rotatable bonds is 3. The maximum absolute atomic E-state index is 10.9. The number of aromatic carboxylic acids is 1. The molecule has 0 unspecified atom stereocenters. The fourth-order valence-electron chi connectivity index (χ4n) is 1.47. The van der Waals surface area contributed by atoms with Crippen molar-refractivity contribution >= 4 is 48.9 Å². The summed E-state index contributed by atoms with van der Waals surface area (Å²) < 4.78 is 0. The van der Waals surface area contributed by atoms with Crippen molar-refractivity contribution in [2.24, 2.45) is 0 Å². The Balaban J connectivity index is 2.66. The van der Waals surface area contributed by atoms with Gasteiger partial charge in [-0.2, -0.15) is 0 Å². The Morgan fingerprint density at radius 3 is 2.24 bits per heavy atom. The molecule has 17 heavy (non-hydrogen) atoms. The Morgan fingerprint density at radius 1 is 1.12 bits per heavy atom. The molecule has 0 aliphatic heterocycles. The van der Waals surface area contributed by atoms with Crippen molar-refractivity contribution < 1.29 is 9.90 Å². The van der Waals surface area contributed by atoms with E-state index in [0.29, 0.717) is 21.7 Å². The van der Waals surface area contributed by atoms with Crippen LogP contribution in [0.3, 0.4) is 0 Å². The normalized spacial score (nSPS) is 10.7. The summed E-state index contributed by atoms with van der Waals surface area (Å²) in [5.41, 5.74) is 3.20. The van der Waals surface area contributed by atoms with Crippen molar-refractivity contribution in [1.82, 2.24) is 9.97 Å². The summed E-state index contributed by atoms with van der Waals surface area (Å²) >= 11 is 6.70. The Morgan fingerprint density at radius 2 is 1.71 bits per heavy atom. The van der Waals surface area contributed by atoms with E-state index in [2.05, 4.69) is 41.8 Å². The van der Waals surface area contributed by atoms with Crippen molar-refractivity contribution in [3.63, 3.8) is 0 Å². The average molecular weight is 360 g/mol. The minimum atomic E-state index is -0.960. The lowest BCUT2D eigenvalue weighted by molar-refractivity contribution is 0.0697. The lowest BCUT2D eigenvalue weighted by atomic mass is 10.2. The largest absolute Gasteiger partial charge is 0.478 e. The number of hydrogen-bond donors (Lipinski definition) is 1. The van der Waals surface area contributed by atoms with E-state index < -0.39 is 5.97 Å². The highest BCUT2D eigenvalue weighted by molar-refractivity contribution is 9.09. The van der Waals surface area contributed by atoms with Crippen molar-refractivity contribution in [2.75, 3.05) is 0 Å². The van der Waals surface area contributed by atoms with Crippen LogP contribution in [0, 0.1) is 0 Å². The third-order valence-corrected chi connectivity index (χ3v) is 3.38. The van der Waals surface area contributed by atoms with Crippen molar-refractivity contribution in [1.29, 1.82) is 0 Å². The lowest BCUT2D eigenvalue weighted by Crippen LogP contribution is -2.01. The summed E-state index contributed by atoms with van der Waals surface area (Å²) in [5, 5.41) is 10.1. The Labute approximate surface area is 114 Å². The fourth-order valence-corrected chi connectivity index (χ4v) is 2.37. The topological polar surface area (TPSA) is 63.1 Å². The van der Waals surface area contributed by atoms with Gasteiger partial charge in [0.05, 0.1) is 28.0 Å². The molecule has 0 aliphatic carbocycles. The van der Waals surface area contributed by atoms with Gasteiger partial charge in [-0.1, -0.05) is 31.9 Å². The first-order valence-corrected chi connectivity index (χ1v) is 7.04. The molecule has 1 heterocycles. The number of benzene rings is 1. The summed E-state index contributed by atoms with van der Waals surface area (Å²) in [5.74, 6) is -0.960. The summed E-state index contributed by atoms with van der Waals surface area (Å²) in [6, 6.07) is 4.75. The molecule has 88 valence electrons. The molecule has 0 aliphatic rings. The van der Waals surface area contributed by atoms with E-state index >= 15 is 0 Å². The van der Waals surface area contributed by atoms with Crippen LogP contribution in [-0.4, -0.2) is 21.0 Å². The molecule has 1 aromatic heterocycles. The van der Waals surface area contributed by atoms with E-state index in [0.717, 1.165) is 11.4 Å². The summed E-state index contributed by atoms with van der Waals surface area (Å²) in [6.07, 6.45) is 0. The number of hydrogen-bond acceptors (Lipinski definition) is 3. The van der Waals surface area contributed by atoms with Gasteiger partial charge in [-0.05, 0) is 18.2 Å². The maximum atomic E-state index is 10.9. The predicted octanol–water partition coefficient (Wildman–Crippen LogP) is 3.12. The smallest absolute Gasteiger partial charge is 0.335 e. The lowest BCUT2D eigenvalue weighted by Gasteiger charge is -2.05. The number of alkyl halides is 2. The van der Waals surface area contributed by atoms with Gasteiger partial charge in [-0.25, -0.2) is 14.8 Å². The molecule has 2 aromatic rings. The molecule has 0 spiro atoms. The van der Waals surface area contributed by atoms with Crippen LogP contribution in [0.1, 0.15) is 21.7 Å². The molecule has 0 saturated carbocycles. The van der Waals surface area contributed by atoms with Gasteiger partial charge in [0.1, 0.15) is 0 Å². The van der Waals surface area contributed by atoms with E-state index in [1.165, 1.54) is 12.1 Å². The van der Waals surface area contributed by atoms with Gasteiger partial charge in [0.25, 0.3) is 0 Å². The molecule has 0 radical (unpaired) electrons. The molecule has 0 amide bonds. The zero-order chi connectivity index (χ0) is 12.4. The first kappa shape index (κ1) is 12.4. The molecule has 1 aromatic carbocycles. The Hall–Kier alpha value is -1.01. The second-order valence-corrected chi connectivity index (χ2v) is 4.51. The molecular weight excluding hydrogens is 352 g/mol. The molecule has 0 atom stereocenters. The molecule has 0 bridgehead atoms. The van der Waals surface area contributed by atoms with Gasteiger partial charge in [0, 0.05) is 10.7 Å². The number of carboxylic acid groups (broad SMARTS) is 1. The molecule has 1 N–H and O–H groups in total. The van der Waals surface area contributed by atoms with Crippen LogP contribution < -0.4 is 0 Å². The van der Waals surface area contributed by atoms with Gasteiger partial charge < -0.3 is 5.11 Å². The third-order valence-electron chi connectivity index (χ3n) is 2.32. The first-order valence-electron chi connectivity index (χ1n) is 4.80. The molecular formula is C11H8Br2N2O2. The number of aromatic nitrogens is 2. The second-order valence-electron chi connectivity index (χ2n) is 3.39. The highest BCUT2D eigenvalue weighted by Gasteiger charge is 2.09. The van der Waals surface area contributed by atoms with Gasteiger partial charge in [-0.3, -0.25) is 0 Å². The highest BCUT2D eigenvalue weighted by atomic mass is 79.9. The van der Waals surface area contributed by atoms with E-state index in [-0.39, 0.29) is 5.56 Å². The van der Waals surface area contributed by atoms with E-state index in [9.17, 15) is 4.79 Å². The van der Waals surface area contributed by atoms with Crippen LogP contribution in [0.2, 0.25) is 0 Å². The highest BCUT2D eigenvalue weighted by Crippen LogP contribution is 2.18. The van der Waals surface area contributed by atoms with E-state index in [4.69, 9.17) is 5.11 Å². The maximum Gasteiger partial charge on any atom is 0.335 e. The van der Waals surface area contributed by atoms with Gasteiger partial charge in [0.2, 0.25) is 0 Å². The van der Waals surface area contributed by atoms with Gasteiger partial charge >= 0.3 is 5.97 Å². The van der Waals surface area contributed by atoms with Crippen molar-refractivity contribution in [3.05, 3.63) is 35.2 Å². The van der Waals surface area contributed by atoms with Crippen LogP contribution in [0.5, 0.6) is 0 Å². The summed E-state index contributed by atoms with van der Waals surface area (Å²) in [6.45, 7) is 0. The zero-order valence-electron chi connectivity index (χ0n) is 8.65. The van der Waals surface area contributed by atoms with Crippen LogP contribution in [0.25, 0.3) is 11.0 Å². The standard InChI is InChI=1S/C11H8Br2N2O2/c12-4-9-10(5-13)15-8-3-6(11(16)17)1-2-7(8)14-9/h1-3H,4-5H2,(H,16,17). The van der Waals surface area contributed by atoms with Gasteiger partial charge in [-0.15, -0.1) is 0 Å². The number of halogens is 2. The minimum Gasteiger partial charge on any atom is -0.478 e. The molecule has 2 rings (SSSR count). The van der Waals surface area contributed by atoms with E-state index in [1.807, 2.05) is 0 Å². The van der Waals surface area contributed by atoms with Crippen LogP contribution >= 0.6 is 31.9 Å². The molecule has 0 fully saturated rings. The predicted molar refractivity (Wildman–Crippen MR) is 71.8 cm³/mol. The number of nitrogens with zero attached hydrogens (tertiary/aromatic N) is 2. The zero-order valence-corrected chi connectivity index (χ0v) is 11.8. The number of fused-ring (bicyclic) bond motifs is 1. The first-order chi connectivity index (χ1) is 8.15. The van der Waals surface area contributed by atoms with Crippen molar-refractivity contribution in [3.8, 4) is 0 Å². The third kappa shape index (κ3) is 2.47. The Kier molecular flexibility index (Phi) is 3.73. The number of carbonyl (C=O) groups is 1. The monoisotopic (exact) mass is 358 g/mol.